The third kappa shape index (κ3) is 5.13. The summed E-state index contributed by atoms with van der Waals surface area (Å²) >= 11 is 0. The number of hydrogen-bond acceptors (Lipinski definition) is 6. The minimum absolute atomic E-state index is 0.330. The van der Waals surface area contributed by atoms with E-state index in [4.69, 9.17) is 10.7 Å². The maximum absolute atomic E-state index is 12.0. The minimum atomic E-state index is -0.756. The Kier molecular flexibility index (Phi) is 6.34. The Balaban J connectivity index is 1.58. The Morgan fingerprint density at radius 2 is 1.81 bits per heavy atom. The van der Waals surface area contributed by atoms with Crippen LogP contribution < -0.4 is 16.0 Å². The van der Waals surface area contributed by atoms with Gasteiger partial charge in [0, 0.05) is 36.5 Å². The number of hydrogen-bond donors (Lipinski definition) is 3. The topological polar surface area (TPSA) is 121 Å². The van der Waals surface area contributed by atoms with Crippen molar-refractivity contribution < 1.29 is 14.7 Å². The summed E-state index contributed by atoms with van der Waals surface area (Å²) in [6.07, 6.45) is 8.92. The molecule has 1 saturated heterocycles. The highest BCUT2D eigenvalue weighted by atomic mass is 16.4. The summed E-state index contributed by atoms with van der Waals surface area (Å²) in [5.41, 5.74) is 7.49. The Hall–Kier alpha value is -3.16. The number of primary amides is 1. The van der Waals surface area contributed by atoms with E-state index < -0.39 is 11.9 Å². The fraction of sp³-hybridized carbons (Fsp3) is 0.478. The van der Waals surface area contributed by atoms with E-state index in [9.17, 15) is 14.7 Å². The Morgan fingerprint density at radius 1 is 1.06 bits per heavy atom. The molecule has 8 heteroatoms. The molecule has 4 N–H and O–H groups in total. The number of anilines is 2. The number of nitrogens with zero attached hydrogens (tertiary/aromatic N) is 3. The highest BCUT2D eigenvalue weighted by molar-refractivity contribution is 5.94. The number of nitrogens with two attached hydrogens (primary N) is 1. The molecule has 4 rings (SSSR count). The van der Waals surface area contributed by atoms with Crippen molar-refractivity contribution in [1.82, 2.24) is 9.97 Å². The molecule has 1 saturated carbocycles. The predicted molar refractivity (Wildman–Crippen MR) is 119 cm³/mol. The first kappa shape index (κ1) is 21.1. The number of carboxylic acid groups (broad SMARTS) is 1. The van der Waals surface area contributed by atoms with E-state index in [1.807, 2.05) is 17.0 Å². The van der Waals surface area contributed by atoms with E-state index in [0.717, 1.165) is 24.2 Å². The fourth-order valence-electron chi connectivity index (χ4n) is 4.45. The van der Waals surface area contributed by atoms with E-state index in [1.54, 1.807) is 18.3 Å². The molecular weight excluding hydrogens is 394 g/mol. The lowest BCUT2D eigenvalue weighted by atomic mass is 9.95. The van der Waals surface area contributed by atoms with Crippen molar-refractivity contribution in [2.24, 2.45) is 11.7 Å². The number of piperidine rings is 1. The summed E-state index contributed by atoms with van der Waals surface area (Å²) in [6, 6.07) is 7.67. The van der Waals surface area contributed by atoms with Crippen molar-refractivity contribution in [3.63, 3.8) is 0 Å². The second-order valence-electron chi connectivity index (χ2n) is 8.47. The number of pyridine rings is 2. The molecule has 1 aliphatic heterocycles. The molecular formula is C23H29N5O3. The van der Waals surface area contributed by atoms with Crippen LogP contribution in [0.15, 0.2) is 30.5 Å². The lowest BCUT2D eigenvalue weighted by molar-refractivity contribution is -0.142. The Labute approximate surface area is 181 Å². The van der Waals surface area contributed by atoms with Gasteiger partial charge in [-0.3, -0.25) is 9.59 Å². The molecule has 1 aliphatic carbocycles. The SMILES string of the molecule is NC(=O)c1cc(-c2ccnc(NC3CCCCC3)c2)nc(N2CCC(C(=O)O)CC2)c1. The molecule has 2 aliphatic rings. The van der Waals surface area contributed by atoms with Crippen LogP contribution in [0.5, 0.6) is 0 Å². The molecule has 1 amide bonds. The third-order valence-corrected chi connectivity index (χ3v) is 6.28. The molecule has 31 heavy (non-hydrogen) atoms. The molecule has 0 radical (unpaired) electrons. The molecule has 0 aromatic carbocycles. The zero-order valence-corrected chi connectivity index (χ0v) is 17.6. The van der Waals surface area contributed by atoms with Crippen molar-refractivity contribution in [2.75, 3.05) is 23.3 Å². The van der Waals surface area contributed by atoms with Gasteiger partial charge in [0.05, 0.1) is 11.6 Å². The fourth-order valence-corrected chi connectivity index (χ4v) is 4.45. The molecule has 0 bridgehead atoms. The monoisotopic (exact) mass is 423 g/mol. The zero-order chi connectivity index (χ0) is 21.8. The first-order chi connectivity index (χ1) is 15.0. The van der Waals surface area contributed by atoms with Crippen LogP contribution in [0.1, 0.15) is 55.3 Å². The highest BCUT2D eigenvalue weighted by Gasteiger charge is 2.26. The second-order valence-corrected chi connectivity index (χ2v) is 8.47. The maximum Gasteiger partial charge on any atom is 0.306 e. The summed E-state index contributed by atoms with van der Waals surface area (Å²) in [4.78, 5) is 34.5. The number of nitrogens with one attached hydrogen (secondary N) is 1. The van der Waals surface area contributed by atoms with E-state index in [-0.39, 0.29) is 5.92 Å². The van der Waals surface area contributed by atoms with E-state index in [2.05, 4.69) is 10.3 Å². The van der Waals surface area contributed by atoms with Gasteiger partial charge in [0.1, 0.15) is 11.6 Å². The number of carbonyl (C=O) groups excluding carboxylic acids is 1. The van der Waals surface area contributed by atoms with Gasteiger partial charge in [0.25, 0.3) is 0 Å². The van der Waals surface area contributed by atoms with Crippen molar-refractivity contribution in [1.29, 1.82) is 0 Å². The van der Waals surface area contributed by atoms with Gasteiger partial charge in [-0.25, -0.2) is 9.97 Å². The summed E-state index contributed by atoms with van der Waals surface area (Å²) in [7, 11) is 0. The summed E-state index contributed by atoms with van der Waals surface area (Å²) < 4.78 is 0. The van der Waals surface area contributed by atoms with Crippen LogP contribution in [0.4, 0.5) is 11.6 Å². The summed E-state index contributed by atoms with van der Waals surface area (Å²) in [5.74, 6) is -0.147. The molecule has 0 unspecified atom stereocenters. The smallest absolute Gasteiger partial charge is 0.306 e. The van der Waals surface area contributed by atoms with Crippen molar-refractivity contribution in [2.45, 2.75) is 51.0 Å². The Bertz CT molecular complexity index is 950. The van der Waals surface area contributed by atoms with Gasteiger partial charge in [0.15, 0.2) is 0 Å². The zero-order valence-electron chi connectivity index (χ0n) is 17.6. The molecule has 2 aromatic rings. The average Bonchev–Trinajstić information content (AvgIpc) is 2.79. The summed E-state index contributed by atoms with van der Waals surface area (Å²) in [6.45, 7) is 1.16. The van der Waals surface area contributed by atoms with Gasteiger partial charge in [-0.15, -0.1) is 0 Å². The van der Waals surface area contributed by atoms with Crippen molar-refractivity contribution in [3.05, 3.63) is 36.0 Å². The van der Waals surface area contributed by atoms with Gasteiger partial charge < -0.3 is 21.1 Å². The molecule has 3 heterocycles. The quantitative estimate of drug-likeness (QED) is 0.652. The molecule has 0 atom stereocenters. The number of rotatable bonds is 6. The van der Waals surface area contributed by atoms with Gasteiger partial charge in [-0.2, -0.15) is 0 Å². The predicted octanol–water partition coefficient (Wildman–Crippen LogP) is 3.29. The molecule has 0 spiro atoms. The normalized spacial score (nSPS) is 18.0. The lowest BCUT2D eigenvalue weighted by Gasteiger charge is -2.31. The maximum atomic E-state index is 12.0. The summed E-state index contributed by atoms with van der Waals surface area (Å²) in [5, 5.41) is 12.8. The van der Waals surface area contributed by atoms with E-state index in [1.165, 1.54) is 19.3 Å². The standard InChI is InChI=1S/C23H29N5O3/c24-22(29)17-12-19(27-21(14-17)28-10-7-15(8-11-28)23(30)31)16-6-9-25-20(13-16)26-18-4-2-1-3-5-18/h6,9,12-15,18H,1-5,7-8,10-11H2,(H2,24,29)(H,25,26)(H,30,31). The third-order valence-electron chi connectivity index (χ3n) is 6.28. The second kappa shape index (κ2) is 9.32. The van der Waals surface area contributed by atoms with Crippen LogP contribution in [0.2, 0.25) is 0 Å². The average molecular weight is 424 g/mol. The van der Waals surface area contributed by atoms with Crippen LogP contribution in [0.3, 0.4) is 0 Å². The van der Waals surface area contributed by atoms with Crippen LogP contribution in [0, 0.1) is 5.92 Å². The van der Waals surface area contributed by atoms with E-state index in [0.29, 0.717) is 49.0 Å². The van der Waals surface area contributed by atoms with Crippen LogP contribution in [-0.2, 0) is 4.79 Å². The minimum Gasteiger partial charge on any atom is -0.481 e. The van der Waals surface area contributed by atoms with Crippen LogP contribution >= 0.6 is 0 Å². The van der Waals surface area contributed by atoms with Crippen LogP contribution in [0.25, 0.3) is 11.3 Å². The van der Waals surface area contributed by atoms with Crippen LogP contribution in [-0.4, -0.2) is 46.1 Å². The molecule has 8 nitrogen and oxygen atoms in total. The number of carboxylic acids is 1. The van der Waals surface area contributed by atoms with Crippen molar-refractivity contribution >= 4 is 23.5 Å². The van der Waals surface area contributed by atoms with Crippen molar-refractivity contribution in [3.8, 4) is 11.3 Å². The molecule has 164 valence electrons. The largest absolute Gasteiger partial charge is 0.481 e. The number of amides is 1. The highest BCUT2D eigenvalue weighted by Crippen LogP contribution is 2.28. The van der Waals surface area contributed by atoms with Gasteiger partial charge in [-0.1, -0.05) is 19.3 Å². The van der Waals surface area contributed by atoms with Gasteiger partial charge in [-0.05, 0) is 49.9 Å². The molecule has 2 aromatic heterocycles. The Morgan fingerprint density at radius 3 is 2.48 bits per heavy atom. The molecule has 2 fully saturated rings. The first-order valence-corrected chi connectivity index (χ1v) is 11.0. The lowest BCUT2D eigenvalue weighted by Crippen LogP contribution is -2.37. The van der Waals surface area contributed by atoms with E-state index >= 15 is 0 Å². The first-order valence-electron chi connectivity index (χ1n) is 11.0. The number of carbonyl (C=O) groups is 2. The van der Waals surface area contributed by atoms with Gasteiger partial charge in [0.2, 0.25) is 5.91 Å². The number of aromatic nitrogens is 2. The van der Waals surface area contributed by atoms with Gasteiger partial charge >= 0.3 is 5.97 Å². The number of aliphatic carboxylic acids is 1.